The number of fused-ring (bicyclic) bond motifs is 1. The molecule has 2 heterocycles. The van der Waals surface area contributed by atoms with E-state index in [2.05, 4.69) is 30.3 Å². The lowest BCUT2D eigenvalue weighted by Gasteiger charge is -2.10. The molecular formula is C18H16ClN5O5. The van der Waals surface area contributed by atoms with Crippen LogP contribution < -0.4 is 16.2 Å². The minimum Gasteiger partial charge on any atom is -0.465 e. The highest BCUT2D eigenvalue weighted by atomic mass is 35.5. The van der Waals surface area contributed by atoms with Crippen LogP contribution in [-0.2, 0) is 4.74 Å². The van der Waals surface area contributed by atoms with Crippen LogP contribution in [0.25, 0.3) is 11.0 Å². The highest BCUT2D eigenvalue weighted by molar-refractivity contribution is 6.36. The maximum absolute atomic E-state index is 12.6. The number of hydrogen-bond donors (Lipinski definition) is 4. The van der Waals surface area contributed by atoms with Gasteiger partial charge in [0.25, 0.3) is 11.5 Å². The van der Waals surface area contributed by atoms with Gasteiger partial charge in [-0.3, -0.25) is 9.59 Å². The van der Waals surface area contributed by atoms with Gasteiger partial charge >= 0.3 is 5.97 Å². The van der Waals surface area contributed by atoms with Gasteiger partial charge in [0.1, 0.15) is 11.2 Å². The number of carbonyl (C=O) groups excluding carboxylic acids is 2. The molecule has 1 amide bonds. The van der Waals surface area contributed by atoms with Crippen LogP contribution in [-0.4, -0.2) is 52.2 Å². The number of carbonyl (C=O) groups is 2. The molecule has 0 bridgehead atoms. The van der Waals surface area contributed by atoms with Crippen molar-refractivity contribution in [2.24, 2.45) is 0 Å². The maximum Gasteiger partial charge on any atom is 0.339 e. The standard InChI is InChI=1S/C18H16ClN5O5/c1-29-17(28)10-3-2-4-12(13(10)19)22-15(26)11-7-9-8-21-18(20-5-6-25)24-14(9)23-16(11)27/h2-4,7-8,25H,5-6H2,1H3,(H,22,26)(H2,20,21,23,24,27). The van der Waals surface area contributed by atoms with Gasteiger partial charge in [-0.05, 0) is 18.2 Å². The highest BCUT2D eigenvalue weighted by Gasteiger charge is 2.18. The van der Waals surface area contributed by atoms with E-state index in [0.29, 0.717) is 5.39 Å². The monoisotopic (exact) mass is 417 g/mol. The second-order valence-corrected chi connectivity index (χ2v) is 6.15. The number of aromatic nitrogens is 3. The molecule has 0 radical (unpaired) electrons. The number of halogens is 1. The van der Waals surface area contributed by atoms with E-state index in [1.165, 1.54) is 37.6 Å². The first kappa shape index (κ1) is 20.2. The summed E-state index contributed by atoms with van der Waals surface area (Å²) in [7, 11) is 1.21. The van der Waals surface area contributed by atoms with E-state index >= 15 is 0 Å². The summed E-state index contributed by atoms with van der Waals surface area (Å²) < 4.78 is 4.64. The zero-order chi connectivity index (χ0) is 21.0. The average molecular weight is 418 g/mol. The summed E-state index contributed by atoms with van der Waals surface area (Å²) >= 11 is 6.16. The topological polar surface area (TPSA) is 146 Å². The largest absolute Gasteiger partial charge is 0.465 e. The van der Waals surface area contributed by atoms with Crippen LogP contribution in [0.2, 0.25) is 5.02 Å². The number of ether oxygens (including phenoxy) is 1. The molecule has 0 aliphatic rings. The van der Waals surface area contributed by atoms with Crippen molar-refractivity contribution in [2.45, 2.75) is 0 Å². The third-order valence-corrected chi connectivity index (χ3v) is 4.29. The minimum absolute atomic E-state index is 0.00662. The van der Waals surface area contributed by atoms with E-state index in [0.717, 1.165) is 0 Å². The lowest BCUT2D eigenvalue weighted by molar-refractivity contribution is 0.0600. The van der Waals surface area contributed by atoms with Crippen LogP contribution >= 0.6 is 11.6 Å². The summed E-state index contributed by atoms with van der Waals surface area (Å²) in [6, 6.07) is 5.81. The number of benzene rings is 1. The molecule has 0 saturated heterocycles. The number of nitrogens with one attached hydrogen (secondary N) is 3. The van der Waals surface area contributed by atoms with Gasteiger partial charge in [0, 0.05) is 18.1 Å². The Morgan fingerprint density at radius 3 is 2.83 bits per heavy atom. The van der Waals surface area contributed by atoms with Gasteiger partial charge in [-0.25, -0.2) is 9.78 Å². The number of pyridine rings is 1. The maximum atomic E-state index is 12.6. The van der Waals surface area contributed by atoms with E-state index < -0.39 is 17.4 Å². The lowest BCUT2D eigenvalue weighted by Crippen LogP contribution is -2.23. The van der Waals surface area contributed by atoms with Gasteiger partial charge in [0.15, 0.2) is 0 Å². The Labute approximate surface area is 168 Å². The van der Waals surface area contributed by atoms with Crippen molar-refractivity contribution in [2.75, 3.05) is 30.9 Å². The van der Waals surface area contributed by atoms with E-state index in [1.54, 1.807) is 0 Å². The Morgan fingerprint density at radius 2 is 2.10 bits per heavy atom. The van der Waals surface area contributed by atoms with Gasteiger partial charge in [0.2, 0.25) is 5.95 Å². The minimum atomic E-state index is -0.723. The van der Waals surface area contributed by atoms with Crippen LogP contribution in [0.15, 0.2) is 35.3 Å². The number of nitrogens with zero attached hydrogens (tertiary/aromatic N) is 2. The zero-order valence-corrected chi connectivity index (χ0v) is 15.9. The SMILES string of the molecule is COC(=O)c1cccc(NC(=O)c2cc3cnc(NCCO)nc3[nH]c2=O)c1Cl. The lowest BCUT2D eigenvalue weighted by atomic mass is 10.1. The second-order valence-electron chi connectivity index (χ2n) is 5.77. The first-order valence-corrected chi connectivity index (χ1v) is 8.75. The van der Waals surface area contributed by atoms with Gasteiger partial charge < -0.3 is 25.5 Å². The molecule has 150 valence electrons. The molecule has 10 nitrogen and oxygen atoms in total. The van der Waals surface area contributed by atoms with Crippen molar-refractivity contribution in [1.82, 2.24) is 15.0 Å². The fourth-order valence-electron chi connectivity index (χ4n) is 2.50. The molecule has 0 fully saturated rings. The molecule has 3 aromatic rings. The molecule has 0 aliphatic carbocycles. The van der Waals surface area contributed by atoms with E-state index in [9.17, 15) is 14.4 Å². The number of rotatable bonds is 6. The molecular weight excluding hydrogens is 402 g/mol. The predicted octanol–water partition coefficient (Wildman–Crippen LogP) is 1.41. The third kappa shape index (κ3) is 4.33. The molecule has 4 N–H and O–H groups in total. The molecule has 0 unspecified atom stereocenters. The van der Waals surface area contributed by atoms with Crippen molar-refractivity contribution in [3.8, 4) is 0 Å². The van der Waals surface area contributed by atoms with Crippen LogP contribution in [0.1, 0.15) is 20.7 Å². The van der Waals surface area contributed by atoms with E-state index in [1.807, 2.05) is 0 Å². The van der Waals surface area contributed by atoms with Gasteiger partial charge in [-0.1, -0.05) is 17.7 Å². The Balaban J connectivity index is 1.91. The molecule has 0 saturated carbocycles. The molecule has 0 aliphatic heterocycles. The number of anilines is 2. The third-order valence-electron chi connectivity index (χ3n) is 3.89. The highest BCUT2D eigenvalue weighted by Crippen LogP contribution is 2.27. The van der Waals surface area contributed by atoms with Gasteiger partial charge in [0.05, 0.1) is 30.0 Å². The van der Waals surface area contributed by atoms with Gasteiger partial charge in [-0.15, -0.1) is 0 Å². The summed E-state index contributed by atoms with van der Waals surface area (Å²) in [5, 5.41) is 14.5. The zero-order valence-electron chi connectivity index (χ0n) is 15.2. The molecule has 1 aromatic carbocycles. The number of esters is 1. The number of aliphatic hydroxyl groups excluding tert-OH is 1. The molecule has 29 heavy (non-hydrogen) atoms. The summed E-state index contributed by atoms with van der Waals surface area (Å²) in [5.41, 5.74) is -0.388. The summed E-state index contributed by atoms with van der Waals surface area (Å²) in [4.78, 5) is 47.4. The van der Waals surface area contributed by atoms with Crippen LogP contribution in [0.4, 0.5) is 11.6 Å². The number of amides is 1. The quantitative estimate of drug-likeness (QED) is 0.440. The van der Waals surface area contributed by atoms with Gasteiger partial charge in [-0.2, -0.15) is 4.98 Å². The Hall–Kier alpha value is -3.50. The van der Waals surface area contributed by atoms with Crippen molar-refractivity contribution in [3.63, 3.8) is 0 Å². The smallest absolute Gasteiger partial charge is 0.339 e. The van der Waals surface area contributed by atoms with E-state index in [4.69, 9.17) is 16.7 Å². The first-order valence-electron chi connectivity index (χ1n) is 8.37. The summed E-state index contributed by atoms with van der Waals surface area (Å²) in [6.07, 6.45) is 1.43. The van der Waals surface area contributed by atoms with Crippen molar-refractivity contribution in [3.05, 3.63) is 57.0 Å². The fourth-order valence-corrected chi connectivity index (χ4v) is 2.75. The molecule has 11 heteroatoms. The second kappa shape index (κ2) is 8.67. The first-order chi connectivity index (χ1) is 13.9. The Bertz CT molecular complexity index is 1150. The normalized spacial score (nSPS) is 10.6. The molecule has 2 aromatic heterocycles. The van der Waals surface area contributed by atoms with E-state index in [-0.39, 0.29) is 46.6 Å². The van der Waals surface area contributed by atoms with Crippen molar-refractivity contribution in [1.29, 1.82) is 0 Å². The van der Waals surface area contributed by atoms with Crippen molar-refractivity contribution < 1.29 is 19.4 Å². The van der Waals surface area contributed by atoms with Crippen LogP contribution in [0, 0.1) is 0 Å². The summed E-state index contributed by atoms with van der Waals surface area (Å²) in [6.45, 7) is 0.151. The molecule has 0 spiro atoms. The number of methoxy groups -OCH3 is 1. The van der Waals surface area contributed by atoms with Crippen molar-refractivity contribution >= 4 is 46.1 Å². The van der Waals surface area contributed by atoms with Crippen LogP contribution in [0.5, 0.6) is 0 Å². The fraction of sp³-hybridized carbons (Fsp3) is 0.167. The van der Waals surface area contributed by atoms with Crippen LogP contribution in [0.3, 0.4) is 0 Å². The average Bonchev–Trinajstić information content (AvgIpc) is 2.72. The molecule has 0 atom stereocenters. The Morgan fingerprint density at radius 1 is 1.31 bits per heavy atom. The number of aliphatic hydroxyl groups is 1. The predicted molar refractivity (Wildman–Crippen MR) is 106 cm³/mol. The summed E-state index contributed by atoms with van der Waals surface area (Å²) in [5.74, 6) is -1.15. The molecule has 3 rings (SSSR count). The number of aromatic amines is 1. The Kier molecular flexibility index (Phi) is 6.05. The number of hydrogen-bond acceptors (Lipinski definition) is 8. The number of H-pyrrole nitrogens is 1.